The van der Waals surface area contributed by atoms with Gasteiger partial charge in [0, 0.05) is 17.2 Å². The number of ether oxygens (including phenoxy) is 1. The molecule has 6 atom stereocenters. The predicted molar refractivity (Wildman–Crippen MR) is 149 cm³/mol. The first-order chi connectivity index (χ1) is 19.7. The summed E-state index contributed by atoms with van der Waals surface area (Å²) < 4.78 is 6.00. The van der Waals surface area contributed by atoms with Crippen molar-refractivity contribution in [1.29, 1.82) is 0 Å². The van der Waals surface area contributed by atoms with Crippen LogP contribution >= 0.6 is 0 Å². The number of hydrogen-bond acceptors (Lipinski definition) is 11. The van der Waals surface area contributed by atoms with Crippen molar-refractivity contribution in [3.8, 4) is 5.75 Å². The van der Waals surface area contributed by atoms with Crippen LogP contribution in [-0.4, -0.2) is 80.6 Å². The van der Waals surface area contributed by atoms with Crippen LogP contribution in [0.2, 0.25) is 0 Å². The molecule has 1 saturated carbocycles. The first kappa shape index (κ1) is 28.8. The van der Waals surface area contributed by atoms with E-state index in [1.807, 2.05) is 0 Å². The van der Waals surface area contributed by atoms with Crippen molar-refractivity contribution < 1.29 is 44.3 Å². The van der Waals surface area contributed by atoms with Crippen molar-refractivity contribution in [3.63, 3.8) is 0 Å². The van der Waals surface area contributed by atoms with Crippen molar-refractivity contribution in [2.45, 2.75) is 37.0 Å². The Morgan fingerprint density at radius 2 is 1.69 bits per heavy atom. The topological polar surface area (TPSA) is 214 Å². The lowest BCUT2D eigenvalue weighted by Crippen LogP contribution is -2.71. The lowest BCUT2D eigenvalue weighted by atomic mass is 9.54. The molecule has 0 unspecified atom stereocenters. The van der Waals surface area contributed by atoms with Gasteiger partial charge in [-0.15, -0.1) is 0 Å². The number of aliphatic hydroxyl groups is 3. The number of phenolic OH excluding ortho intramolecular Hbond substituents is 1. The Kier molecular flexibility index (Phi) is 6.86. The van der Waals surface area contributed by atoms with Gasteiger partial charge in [-0.3, -0.25) is 24.1 Å². The maximum atomic E-state index is 14.2. The third kappa shape index (κ3) is 4.05. The summed E-state index contributed by atoms with van der Waals surface area (Å²) in [5.41, 5.74) is 8.14. The van der Waals surface area contributed by atoms with E-state index >= 15 is 0 Å². The zero-order chi connectivity index (χ0) is 30.8. The van der Waals surface area contributed by atoms with E-state index in [4.69, 9.17) is 16.2 Å². The standard InChI is InChI=1S/C30H31N3O9/c1-12-15-5-4-6-16(34)19(15)24(36)20-18(12)26(42-17(35)11-13-7-9-14(31)10-8-13)22-23(33(2)3)25(37)21(29(32)40)28(39)30(22,41)27(20)38/h4-10,12,18,22-23,26,34,36,39,41H,11,31H2,1-3H3,(H2,32,40)/t12-,18+,22+,23-,26-,30-/m0/s1. The normalized spacial score (nSPS) is 28.7. The van der Waals surface area contributed by atoms with E-state index in [0.717, 1.165) is 0 Å². The Morgan fingerprint density at radius 1 is 1.05 bits per heavy atom. The highest BCUT2D eigenvalue weighted by Crippen LogP contribution is 2.56. The number of phenols is 1. The molecule has 220 valence electrons. The first-order valence-corrected chi connectivity index (χ1v) is 13.2. The molecule has 1 amide bonds. The van der Waals surface area contributed by atoms with Gasteiger partial charge in [-0.25, -0.2) is 0 Å². The molecule has 0 spiro atoms. The summed E-state index contributed by atoms with van der Waals surface area (Å²) in [6.45, 7) is 1.69. The molecule has 1 fully saturated rings. The molecule has 2 aromatic carbocycles. The van der Waals surface area contributed by atoms with Gasteiger partial charge < -0.3 is 36.6 Å². The third-order valence-electron chi connectivity index (χ3n) is 8.56. The third-order valence-corrected chi connectivity index (χ3v) is 8.56. The average molecular weight is 578 g/mol. The molecule has 42 heavy (non-hydrogen) atoms. The Labute approximate surface area is 240 Å². The lowest BCUT2D eigenvalue weighted by molar-refractivity contribution is -0.185. The molecule has 0 bridgehead atoms. The highest BCUT2D eigenvalue weighted by molar-refractivity contribution is 6.24. The molecular formula is C30H31N3O9. The summed E-state index contributed by atoms with van der Waals surface area (Å²) in [5, 5.41) is 45.3. The zero-order valence-corrected chi connectivity index (χ0v) is 23.1. The molecule has 12 nitrogen and oxygen atoms in total. The molecule has 0 radical (unpaired) electrons. The number of nitrogens with two attached hydrogens (primary N) is 2. The summed E-state index contributed by atoms with van der Waals surface area (Å²) >= 11 is 0. The van der Waals surface area contributed by atoms with E-state index in [-0.39, 0.29) is 17.7 Å². The monoisotopic (exact) mass is 577 g/mol. The zero-order valence-electron chi connectivity index (χ0n) is 23.1. The summed E-state index contributed by atoms with van der Waals surface area (Å²) in [5.74, 6) is -10.1. The van der Waals surface area contributed by atoms with Gasteiger partial charge in [0.15, 0.2) is 11.4 Å². The highest BCUT2D eigenvalue weighted by atomic mass is 16.5. The fourth-order valence-corrected chi connectivity index (χ4v) is 6.68. The fourth-order valence-electron chi connectivity index (χ4n) is 6.68. The minimum Gasteiger partial charge on any atom is -0.508 e. The van der Waals surface area contributed by atoms with Crippen molar-refractivity contribution in [3.05, 3.63) is 76.1 Å². The van der Waals surface area contributed by atoms with Crippen LogP contribution in [0.25, 0.3) is 5.76 Å². The van der Waals surface area contributed by atoms with E-state index in [2.05, 4.69) is 0 Å². The smallest absolute Gasteiger partial charge is 0.310 e. The van der Waals surface area contributed by atoms with Gasteiger partial charge in [0.25, 0.3) is 5.91 Å². The number of amides is 1. The molecule has 2 aromatic rings. The Hall–Kier alpha value is -4.68. The van der Waals surface area contributed by atoms with E-state index in [1.165, 1.54) is 25.1 Å². The second-order valence-corrected chi connectivity index (χ2v) is 11.2. The van der Waals surface area contributed by atoms with E-state index in [9.17, 15) is 39.6 Å². The average Bonchev–Trinajstić information content (AvgIpc) is 2.91. The Morgan fingerprint density at radius 3 is 2.29 bits per heavy atom. The minimum atomic E-state index is -3.00. The number of carbonyl (C=O) groups is 4. The maximum Gasteiger partial charge on any atom is 0.310 e. The number of rotatable bonds is 5. The second kappa shape index (κ2) is 10.00. The molecule has 3 aliphatic carbocycles. The van der Waals surface area contributed by atoms with Crippen LogP contribution in [0.4, 0.5) is 5.69 Å². The van der Waals surface area contributed by atoms with Gasteiger partial charge in [0.2, 0.25) is 5.78 Å². The Balaban J connectivity index is 1.76. The molecule has 12 heteroatoms. The number of esters is 1. The summed E-state index contributed by atoms with van der Waals surface area (Å²) in [7, 11) is 2.92. The maximum absolute atomic E-state index is 14.2. The van der Waals surface area contributed by atoms with Crippen molar-refractivity contribution in [2.24, 2.45) is 17.6 Å². The number of anilines is 1. The number of Topliss-reactive ketones (excluding diaryl/α,β-unsaturated/α-hetero) is 2. The summed E-state index contributed by atoms with van der Waals surface area (Å²) in [4.78, 5) is 54.9. The number of benzene rings is 2. The van der Waals surface area contributed by atoms with Gasteiger partial charge >= 0.3 is 5.97 Å². The number of fused-ring (bicyclic) bond motifs is 3. The summed E-state index contributed by atoms with van der Waals surface area (Å²) in [6, 6.07) is 9.48. The number of likely N-dealkylation sites (N-methyl/N-ethyl adjacent to an activating group) is 1. The van der Waals surface area contributed by atoms with E-state index in [1.54, 1.807) is 43.3 Å². The molecule has 0 saturated heterocycles. The van der Waals surface area contributed by atoms with Crippen molar-refractivity contribution in [1.82, 2.24) is 4.90 Å². The molecule has 0 aromatic heterocycles. The molecule has 5 rings (SSSR count). The SMILES string of the molecule is C[C@H]1c2cccc(O)c2C(O)=C2C(=O)[C@]3(O)C(O)=C(C(N)=O)C(=O)[C@@H](N(C)C)[C@@H]3[C@@H](OC(=O)Cc3ccc(N)cc3)[C@@H]21. The number of nitrogen functional groups attached to an aromatic ring is 1. The highest BCUT2D eigenvalue weighted by Gasteiger charge is 2.69. The molecule has 3 aliphatic rings. The van der Waals surface area contributed by atoms with Gasteiger partial charge in [-0.2, -0.15) is 0 Å². The van der Waals surface area contributed by atoms with Gasteiger partial charge in [0.1, 0.15) is 28.9 Å². The predicted octanol–water partition coefficient (Wildman–Crippen LogP) is 0.872. The van der Waals surface area contributed by atoms with Crippen molar-refractivity contribution >= 4 is 34.9 Å². The largest absolute Gasteiger partial charge is 0.508 e. The first-order valence-electron chi connectivity index (χ1n) is 13.2. The summed E-state index contributed by atoms with van der Waals surface area (Å²) in [6.07, 6.45) is -1.72. The van der Waals surface area contributed by atoms with Crippen molar-refractivity contribution in [2.75, 3.05) is 19.8 Å². The number of carbonyl (C=O) groups excluding carboxylic acids is 4. The van der Waals surface area contributed by atoms with Crippen LogP contribution in [-0.2, 0) is 30.3 Å². The number of primary amides is 1. The van der Waals surface area contributed by atoms with Crippen LogP contribution in [0.5, 0.6) is 5.75 Å². The van der Waals surface area contributed by atoms with Crippen LogP contribution in [0.3, 0.4) is 0 Å². The van der Waals surface area contributed by atoms with Crippen LogP contribution in [0.15, 0.2) is 59.4 Å². The van der Waals surface area contributed by atoms with Gasteiger partial charge in [0.05, 0.1) is 23.9 Å². The number of hydrogen-bond donors (Lipinski definition) is 6. The van der Waals surface area contributed by atoms with E-state index in [0.29, 0.717) is 16.8 Å². The van der Waals surface area contributed by atoms with Crippen LogP contribution in [0, 0.1) is 11.8 Å². The molecule has 8 N–H and O–H groups in total. The number of aromatic hydroxyl groups is 1. The van der Waals surface area contributed by atoms with Crippen LogP contribution < -0.4 is 11.5 Å². The molecule has 0 heterocycles. The molecular weight excluding hydrogens is 546 g/mol. The fraction of sp³-hybridized carbons (Fsp3) is 0.333. The quantitative estimate of drug-likeness (QED) is 0.167. The van der Waals surface area contributed by atoms with Gasteiger partial charge in [-0.05, 0) is 49.3 Å². The number of nitrogens with zero attached hydrogens (tertiary/aromatic N) is 1. The number of aliphatic hydroxyl groups excluding tert-OH is 2. The molecule has 0 aliphatic heterocycles. The van der Waals surface area contributed by atoms with Crippen LogP contribution in [0.1, 0.15) is 29.5 Å². The lowest BCUT2D eigenvalue weighted by Gasteiger charge is -2.54. The van der Waals surface area contributed by atoms with Gasteiger partial charge in [-0.1, -0.05) is 31.2 Å². The Bertz CT molecular complexity index is 1590. The number of ketones is 2. The van der Waals surface area contributed by atoms with E-state index < -0.39 is 81.6 Å². The minimum absolute atomic E-state index is 0.0618. The second-order valence-electron chi connectivity index (χ2n) is 11.2.